The SMILES string of the molecule is COc1cc(C)c([C@@H](C)NC(=O)C2CCN(Cc3c(F)cccc3Cl)CC2)cc1C(C)C. The van der Waals surface area contributed by atoms with Crippen molar-refractivity contribution < 1.29 is 13.9 Å². The van der Waals surface area contributed by atoms with Gasteiger partial charge in [0.25, 0.3) is 0 Å². The maximum atomic E-state index is 14.1. The van der Waals surface area contributed by atoms with Crippen LogP contribution in [0.1, 0.15) is 67.8 Å². The summed E-state index contributed by atoms with van der Waals surface area (Å²) in [5.74, 6) is 0.999. The molecule has 174 valence electrons. The topological polar surface area (TPSA) is 41.6 Å². The zero-order chi connectivity index (χ0) is 23.4. The number of benzene rings is 2. The van der Waals surface area contributed by atoms with Crippen molar-refractivity contribution in [3.05, 3.63) is 63.4 Å². The van der Waals surface area contributed by atoms with Crippen molar-refractivity contribution in [3.63, 3.8) is 0 Å². The van der Waals surface area contributed by atoms with Gasteiger partial charge in [-0.1, -0.05) is 31.5 Å². The molecule has 1 aliphatic heterocycles. The van der Waals surface area contributed by atoms with Crippen LogP contribution in [0.2, 0.25) is 5.02 Å². The van der Waals surface area contributed by atoms with Gasteiger partial charge < -0.3 is 10.1 Å². The highest BCUT2D eigenvalue weighted by Gasteiger charge is 2.27. The Bertz CT molecular complexity index is 935. The Balaban J connectivity index is 1.60. The molecule has 0 unspecified atom stereocenters. The third-order valence-electron chi connectivity index (χ3n) is 6.47. The van der Waals surface area contributed by atoms with Crippen LogP contribution in [0.25, 0.3) is 0 Å². The smallest absolute Gasteiger partial charge is 0.223 e. The molecule has 1 saturated heterocycles. The van der Waals surface area contributed by atoms with Crippen LogP contribution in [0.4, 0.5) is 4.39 Å². The number of likely N-dealkylation sites (tertiary alicyclic amines) is 1. The Morgan fingerprint density at radius 1 is 1.22 bits per heavy atom. The molecule has 2 aromatic rings. The van der Waals surface area contributed by atoms with Gasteiger partial charge in [0.05, 0.1) is 13.2 Å². The molecule has 6 heteroatoms. The van der Waals surface area contributed by atoms with E-state index in [1.54, 1.807) is 19.2 Å². The van der Waals surface area contributed by atoms with Crippen LogP contribution in [0.5, 0.6) is 5.75 Å². The van der Waals surface area contributed by atoms with Crippen LogP contribution in [0, 0.1) is 18.7 Å². The van der Waals surface area contributed by atoms with E-state index in [2.05, 4.69) is 43.1 Å². The van der Waals surface area contributed by atoms with Crippen molar-refractivity contribution in [2.24, 2.45) is 5.92 Å². The van der Waals surface area contributed by atoms with Gasteiger partial charge in [0, 0.05) is 23.0 Å². The average molecular weight is 461 g/mol. The number of rotatable bonds is 7. The first-order valence-corrected chi connectivity index (χ1v) is 11.7. The van der Waals surface area contributed by atoms with Gasteiger partial charge >= 0.3 is 0 Å². The van der Waals surface area contributed by atoms with E-state index in [1.807, 2.05) is 6.92 Å². The van der Waals surface area contributed by atoms with Crippen LogP contribution in [-0.4, -0.2) is 31.0 Å². The van der Waals surface area contributed by atoms with Crippen molar-refractivity contribution >= 4 is 17.5 Å². The Labute approximate surface area is 196 Å². The summed E-state index contributed by atoms with van der Waals surface area (Å²) in [5, 5.41) is 3.67. The quantitative estimate of drug-likeness (QED) is 0.550. The number of nitrogens with zero attached hydrogens (tertiary/aromatic N) is 1. The predicted octanol–water partition coefficient (Wildman–Crippen LogP) is 6.01. The summed E-state index contributed by atoms with van der Waals surface area (Å²) in [7, 11) is 1.69. The molecule has 4 nitrogen and oxygen atoms in total. The monoisotopic (exact) mass is 460 g/mol. The zero-order valence-corrected chi connectivity index (χ0v) is 20.4. The van der Waals surface area contributed by atoms with Gasteiger partial charge in [-0.05, 0) is 86.7 Å². The van der Waals surface area contributed by atoms with E-state index in [1.165, 1.54) is 6.07 Å². The maximum Gasteiger partial charge on any atom is 0.223 e. The van der Waals surface area contributed by atoms with Gasteiger partial charge in [0.1, 0.15) is 11.6 Å². The van der Waals surface area contributed by atoms with E-state index in [9.17, 15) is 9.18 Å². The summed E-state index contributed by atoms with van der Waals surface area (Å²) in [5.41, 5.74) is 3.90. The van der Waals surface area contributed by atoms with E-state index < -0.39 is 0 Å². The predicted molar refractivity (Wildman–Crippen MR) is 128 cm³/mol. The van der Waals surface area contributed by atoms with Crippen LogP contribution in [0.15, 0.2) is 30.3 Å². The van der Waals surface area contributed by atoms with Gasteiger partial charge in [-0.2, -0.15) is 0 Å². The number of ether oxygens (including phenoxy) is 1. The van der Waals surface area contributed by atoms with Gasteiger partial charge in [0.15, 0.2) is 0 Å². The second-order valence-electron chi connectivity index (χ2n) is 9.09. The molecular weight excluding hydrogens is 427 g/mol. The number of hydrogen-bond acceptors (Lipinski definition) is 3. The third kappa shape index (κ3) is 5.62. The molecule has 0 aromatic heterocycles. The normalized spacial score (nSPS) is 16.2. The number of nitrogens with one attached hydrogen (secondary N) is 1. The fraction of sp³-hybridized carbons (Fsp3) is 0.500. The summed E-state index contributed by atoms with van der Waals surface area (Å²) >= 11 is 6.17. The highest BCUT2D eigenvalue weighted by molar-refractivity contribution is 6.31. The number of hydrogen-bond donors (Lipinski definition) is 1. The lowest BCUT2D eigenvalue weighted by molar-refractivity contribution is -0.127. The summed E-state index contributed by atoms with van der Waals surface area (Å²) in [6.45, 7) is 10.3. The van der Waals surface area contributed by atoms with Crippen molar-refractivity contribution in [2.75, 3.05) is 20.2 Å². The van der Waals surface area contributed by atoms with Crippen molar-refractivity contribution in [1.82, 2.24) is 10.2 Å². The molecule has 1 fully saturated rings. The van der Waals surface area contributed by atoms with Gasteiger partial charge in [-0.25, -0.2) is 4.39 Å². The van der Waals surface area contributed by atoms with E-state index in [0.29, 0.717) is 23.0 Å². The van der Waals surface area contributed by atoms with Crippen molar-refractivity contribution in [1.29, 1.82) is 0 Å². The largest absolute Gasteiger partial charge is 0.496 e. The fourth-order valence-electron chi connectivity index (χ4n) is 4.48. The van der Waals surface area contributed by atoms with Crippen molar-refractivity contribution in [3.8, 4) is 5.75 Å². The molecule has 1 atom stereocenters. The first kappa shape index (κ1) is 24.5. The lowest BCUT2D eigenvalue weighted by Gasteiger charge is -2.32. The maximum absolute atomic E-state index is 14.1. The molecule has 1 heterocycles. The first-order valence-electron chi connectivity index (χ1n) is 11.3. The molecule has 0 radical (unpaired) electrons. The Morgan fingerprint density at radius 3 is 2.50 bits per heavy atom. The molecule has 0 spiro atoms. The molecule has 1 N–H and O–H groups in total. The number of carbonyl (C=O) groups excluding carboxylic acids is 1. The molecule has 32 heavy (non-hydrogen) atoms. The highest BCUT2D eigenvalue weighted by Crippen LogP contribution is 2.32. The summed E-state index contributed by atoms with van der Waals surface area (Å²) < 4.78 is 19.6. The average Bonchev–Trinajstić information content (AvgIpc) is 2.76. The van der Waals surface area contributed by atoms with Gasteiger partial charge in [-0.15, -0.1) is 0 Å². The van der Waals surface area contributed by atoms with E-state index in [4.69, 9.17) is 16.3 Å². The first-order chi connectivity index (χ1) is 15.2. The molecular formula is C26H34ClFN2O2. The number of halogens is 2. The minimum atomic E-state index is -0.276. The minimum absolute atomic E-state index is 0.0343. The molecule has 2 aromatic carbocycles. The third-order valence-corrected chi connectivity index (χ3v) is 6.82. The second kappa shape index (κ2) is 10.7. The van der Waals surface area contributed by atoms with Gasteiger partial charge in [-0.3, -0.25) is 9.69 Å². The summed E-state index contributed by atoms with van der Waals surface area (Å²) in [4.78, 5) is 15.1. The minimum Gasteiger partial charge on any atom is -0.496 e. The van der Waals surface area contributed by atoms with Gasteiger partial charge in [0.2, 0.25) is 5.91 Å². The molecule has 0 saturated carbocycles. The molecule has 1 aliphatic rings. The Morgan fingerprint density at radius 2 is 1.91 bits per heavy atom. The molecule has 0 aliphatic carbocycles. The number of amides is 1. The van der Waals surface area contributed by atoms with Crippen LogP contribution in [0.3, 0.4) is 0 Å². The van der Waals surface area contributed by atoms with Crippen LogP contribution >= 0.6 is 11.6 Å². The fourth-order valence-corrected chi connectivity index (χ4v) is 4.70. The standard InChI is InChI=1S/C26H34ClFN2O2/c1-16(2)20-14-21(17(3)13-25(20)32-5)18(4)29-26(31)19-9-11-30(12-10-19)15-22-23(27)7-6-8-24(22)28/h6-8,13-14,16,18-19H,9-12,15H2,1-5H3,(H,29,31)/t18-/m1/s1. The lowest BCUT2D eigenvalue weighted by Crippen LogP contribution is -2.41. The molecule has 0 bridgehead atoms. The van der Waals surface area contributed by atoms with E-state index in [0.717, 1.165) is 48.4 Å². The Kier molecular flexibility index (Phi) is 8.18. The lowest BCUT2D eigenvalue weighted by atomic mass is 9.92. The number of carbonyl (C=O) groups is 1. The van der Waals surface area contributed by atoms with E-state index >= 15 is 0 Å². The number of piperidine rings is 1. The highest BCUT2D eigenvalue weighted by atomic mass is 35.5. The van der Waals surface area contributed by atoms with Crippen LogP contribution in [-0.2, 0) is 11.3 Å². The number of aryl methyl sites for hydroxylation is 1. The second-order valence-corrected chi connectivity index (χ2v) is 9.49. The van der Waals surface area contributed by atoms with E-state index in [-0.39, 0.29) is 23.7 Å². The summed E-state index contributed by atoms with van der Waals surface area (Å²) in [6.07, 6.45) is 1.51. The van der Waals surface area contributed by atoms with Crippen molar-refractivity contribution in [2.45, 2.75) is 59.0 Å². The zero-order valence-electron chi connectivity index (χ0n) is 19.7. The molecule has 3 rings (SSSR count). The number of methoxy groups -OCH3 is 1. The Hall–Kier alpha value is -2.11. The summed E-state index contributed by atoms with van der Waals surface area (Å²) in [6, 6.07) is 8.90. The molecule has 1 amide bonds. The van der Waals surface area contributed by atoms with Crippen LogP contribution < -0.4 is 10.1 Å².